The van der Waals surface area contributed by atoms with Gasteiger partial charge in [0.1, 0.15) is 6.04 Å². The van der Waals surface area contributed by atoms with Crippen LogP contribution in [-0.2, 0) is 29.0 Å². The molecule has 0 spiro atoms. The summed E-state index contributed by atoms with van der Waals surface area (Å²) in [6.45, 7) is 6.24. The second kappa shape index (κ2) is 11.8. The Bertz CT molecular complexity index is 1080. The number of rotatable bonds is 9. The summed E-state index contributed by atoms with van der Waals surface area (Å²) in [5.41, 5.74) is 4.04. The predicted molar refractivity (Wildman–Crippen MR) is 137 cm³/mol. The van der Waals surface area contributed by atoms with Crippen LogP contribution in [0.3, 0.4) is 0 Å². The molecule has 0 saturated carbocycles. The highest BCUT2D eigenvalue weighted by atomic mass is 79.9. The van der Waals surface area contributed by atoms with Gasteiger partial charge in [0.25, 0.3) is 0 Å². The average molecular weight is 507 g/mol. The van der Waals surface area contributed by atoms with Crippen LogP contribution in [0.1, 0.15) is 36.1 Å². The van der Waals surface area contributed by atoms with Gasteiger partial charge in [0.15, 0.2) is 0 Å². The molecule has 0 saturated heterocycles. The largest absolute Gasteiger partial charge is 0.352 e. The number of hydrogen-bond acceptors (Lipinski definition) is 2. The fourth-order valence-electron chi connectivity index (χ4n) is 3.86. The lowest BCUT2D eigenvalue weighted by Gasteiger charge is -2.32. The topological polar surface area (TPSA) is 49.4 Å². The third-order valence-corrected chi connectivity index (χ3v) is 5.88. The summed E-state index contributed by atoms with van der Waals surface area (Å²) >= 11 is 3.52. The first-order valence-corrected chi connectivity index (χ1v) is 12.0. The van der Waals surface area contributed by atoms with Gasteiger partial charge in [-0.25, -0.2) is 0 Å². The molecule has 0 radical (unpaired) electrons. The molecule has 0 fully saturated rings. The number of aryl methyl sites for hydroxylation is 1. The van der Waals surface area contributed by atoms with Crippen molar-refractivity contribution < 1.29 is 9.59 Å². The zero-order chi connectivity index (χ0) is 23.8. The van der Waals surface area contributed by atoms with Crippen LogP contribution in [0.15, 0.2) is 83.3 Å². The standard InChI is InChI=1S/C28H31BrN2O2/c1-20(2)30-28(33)26(17-22-10-5-4-6-11-22)31(19-24-13-8-14-25(29)16-24)27(32)18-23-12-7-9-21(3)15-23/h4-16,20,26H,17-19H2,1-3H3,(H,30,33)/t26-/m1/s1. The molecular weight excluding hydrogens is 476 g/mol. The summed E-state index contributed by atoms with van der Waals surface area (Å²) in [6.07, 6.45) is 0.697. The van der Waals surface area contributed by atoms with Gasteiger partial charge in [-0.15, -0.1) is 0 Å². The number of nitrogens with zero attached hydrogens (tertiary/aromatic N) is 1. The third kappa shape index (κ3) is 7.57. The highest BCUT2D eigenvalue weighted by Gasteiger charge is 2.30. The van der Waals surface area contributed by atoms with E-state index < -0.39 is 6.04 Å². The molecule has 0 bridgehead atoms. The van der Waals surface area contributed by atoms with Crippen molar-refractivity contribution in [2.24, 2.45) is 0 Å². The van der Waals surface area contributed by atoms with Gasteiger partial charge in [-0.2, -0.15) is 0 Å². The van der Waals surface area contributed by atoms with E-state index in [0.29, 0.717) is 13.0 Å². The minimum atomic E-state index is -0.619. The van der Waals surface area contributed by atoms with Crippen molar-refractivity contribution in [1.29, 1.82) is 0 Å². The van der Waals surface area contributed by atoms with Crippen molar-refractivity contribution in [3.63, 3.8) is 0 Å². The SMILES string of the molecule is Cc1cccc(CC(=O)N(Cc2cccc(Br)c2)[C@H](Cc2ccccc2)C(=O)NC(C)C)c1. The molecule has 0 aliphatic carbocycles. The van der Waals surface area contributed by atoms with Crippen LogP contribution in [0.2, 0.25) is 0 Å². The molecule has 3 aromatic carbocycles. The summed E-state index contributed by atoms with van der Waals surface area (Å²) in [4.78, 5) is 28.8. The van der Waals surface area contributed by atoms with Gasteiger partial charge in [0, 0.05) is 23.5 Å². The molecule has 0 unspecified atom stereocenters. The highest BCUT2D eigenvalue weighted by molar-refractivity contribution is 9.10. The number of amides is 2. The lowest BCUT2D eigenvalue weighted by Crippen LogP contribution is -2.52. The third-order valence-electron chi connectivity index (χ3n) is 5.38. The van der Waals surface area contributed by atoms with E-state index in [0.717, 1.165) is 26.7 Å². The zero-order valence-corrected chi connectivity index (χ0v) is 21.0. The molecule has 0 aliphatic heterocycles. The first-order chi connectivity index (χ1) is 15.8. The first-order valence-electron chi connectivity index (χ1n) is 11.3. The van der Waals surface area contributed by atoms with Crippen molar-refractivity contribution >= 4 is 27.7 Å². The van der Waals surface area contributed by atoms with Crippen molar-refractivity contribution in [3.8, 4) is 0 Å². The maximum atomic E-state index is 13.7. The number of halogens is 1. The van der Waals surface area contributed by atoms with E-state index in [9.17, 15) is 9.59 Å². The fourth-order valence-corrected chi connectivity index (χ4v) is 4.31. The van der Waals surface area contributed by atoms with Crippen molar-refractivity contribution in [3.05, 3.63) is 106 Å². The van der Waals surface area contributed by atoms with E-state index in [1.165, 1.54) is 0 Å². The van der Waals surface area contributed by atoms with Crippen LogP contribution in [0.25, 0.3) is 0 Å². The molecule has 172 valence electrons. The number of benzene rings is 3. The van der Waals surface area contributed by atoms with E-state index >= 15 is 0 Å². The van der Waals surface area contributed by atoms with Gasteiger partial charge >= 0.3 is 0 Å². The van der Waals surface area contributed by atoms with Gasteiger partial charge < -0.3 is 10.2 Å². The molecule has 33 heavy (non-hydrogen) atoms. The molecule has 3 aromatic rings. The first kappa shape index (κ1) is 24.7. The van der Waals surface area contributed by atoms with Gasteiger partial charge in [0.2, 0.25) is 11.8 Å². The summed E-state index contributed by atoms with van der Waals surface area (Å²) in [6, 6.07) is 25.1. The predicted octanol–water partition coefficient (Wildman–Crippen LogP) is 5.46. The minimum Gasteiger partial charge on any atom is -0.352 e. The van der Waals surface area contributed by atoms with Crippen molar-refractivity contribution in [1.82, 2.24) is 10.2 Å². The average Bonchev–Trinajstić information content (AvgIpc) is 2.76. The fraction of sp³-hybridized carbons (Fsp3) is 0.286. The molecule has 2 amide bonds. The molecule has 5 heteroatoms. The van der Waals surface area contributed by atoms with Gasteiger partial charge in [0.05, 0.1) is 6.42 Å². The molecule has 1 N–H and O–H groups in total. The maximum absolute atomic E-state index is 13.7. The number of carbonyl (C=O) groups is 2. The van der Waals surface area contributed by atoms with Crippen LogP contribution in [-0.4, -0.2) is 28.8 Å². The normalized spacial score (nSPS) is 11.8. The Hall–Kier alpha value is -2.92. The molecule has 0 aliphatic rings. The smallest absolute Gasteiger partial charge is 0.243 e. The summed E-state index contributed by atoms with van der Waals surface area (Å²) in [7, 11) is 0. The Morgan fingerprint density at radius 1 is 0.879 bits per heavy atom. The Morgan fingerprint density at radius 2 is 1.55 bits per heavy atom. The maximum Gasteiger partial charge on any atom is 0.243 e. The molecule has 3 rings (SSSR count). The van der Waals surface area contributed by atoms with Crippen molar-refractivity contribution in [2.45, 2.75) is 52.2 Å². The van der Waals surface area contributed by atoms with E-state index in [1.54, 1.807) is 4.90 Å². The van der Waals surface area contributed by atoms with Crippen LogP contribution in [0.4, 0.5) is 0 Å². The number of nitrogens with one attached hydrogen (secondary N) is 1. The monoisotopic (exact) mass is 506 g/mol. The van der Waals surface area contributed by atoms with Crippen LogP contribution in [0.5, 0.6) is 0 Å². The van der Waals surface area contributed by atoms with Crippen LogP contribution in [0, 0.1) is 6.92 Å². The van der Waals surface area contributed by atoms with E-state index in [2.05, 4.69) is 21.2 Å². The minimum absolute atomic E-state index is 0.0182. The zero-order valence-electron chi connectivity index (χ0n) is 19.4. The lowest BCUT2D eigenvalue weighted by molar-refractivity contribution is -0.141. The Morgan fingerprint density at radius 3 is 2.21 bits per heavy atom. The van der Waals surface area contributed by atoms with Gasteiger partial charge in [-0.3, -0.25) is 9.59 Å². The second-order valence-electron chi connectivity index (χ2n) is 8.69. The highest BCUT2D eigenvalue weighted by Crippen LogP contribution is 2.19. The van der Waals surface area contributed by atoms with Crippen molar-refractivity contribution in [2.75, 3.05) is 0 Å². The summed E-state index contributed by atoms with van der Waals surface area (Å²) in [5.74, 6) is -0.207. The Labute approximate surface area is 205 Å². The van der Waals surface area contributed by atoms with Gasteiger partial charge in [-0.1, -0.05) is 88.2 Å². The Kier molecular flexibility index (Phi) is 8.84. The number of hydrogen-bond donors (Lipinski definition) is 1. The molecule has 0 heterocycles. The molecule has 4 nitrogen and oxygen atoms in total. The lowest BCUT2D eigenvalue weighted by atomic mass is 10.0. The van der Waals surface area contributed by atoms with E-state index in [1.807, 2.05) is 99.6 Å². The summed E-state index contributed by atoms with van der Waals surface area (Å²) < 4.78 is 0.942. The number of carbonyl (C=O) groups excluding carboxylic acids is 2. The molecule has 1 atom stereocenters. The molecular formula is C28H31BrN2O2. The molecule has 0 aromatic heterocycles. The second-order valence-corrected chi connectivity index (χ2v) is 9.60. The van der Waals surface area contributed by atoms with Crippen LogP contribution >= 0.6 is 15.9 Å². The summed E-state index contributed by atoms with van der Waals surface area (Å²) in [5, 5.41) is 3.03. The van der Waals surface area contributed by atoms with Gasteiger partial charge in [-0.05, 0) is 49.6 Å². The quantitative estimate of drug-likeness (QED) is 0.418. The van der Waals surface area contributed by atoms with E-state index in [4.69, 9.17) is 0 Å². The Balaban J connectivity index is 1.97. The van der Waals surface area contributed by atoms with E-state index in [-0.39, 0.29) is 24.3 Å². The van der Waals surface area contributed by atoms with Crippen LogP contribution < -0.4 is 5.32 Å².